The Kier molecular flexibility index (Phi) is 11.1. The number of aliphatic hydroxyl groups excluding tert-OH is 1. The number of carbonyl (C=O) groups excluding carboxylic acids is 1. The second kappa shape index (κ2) is 14.1. The molecule has 224 valence electrons. The van der Waals surface area contributed by atoms with E-state index in [2.05, 4.69) is 5.09 Å². The molecule has 0 aliphatic carbocycles. The molecule has 1 aromatic carbocycles. The molecule has 3 rings (SSSR count). The maximum Gasteiger partial charge on any atom is 0.459 e. The average Bonchev–Trinajstić information content (AvgIpc) is 3.18. The van der Waals surface area contributed by atoms with Gasteiger partial charge in [0.2, 0.25) is 0 Å². The Balaban J connectivity index is 1.81. The summed E-state index contributed by atoms with van der Waals surface area (Å²) < 4.78 is 37.2. The lowest BCUT2D eigenvalue weighted by atomic mass is 9.95. The fourth-order valence-corrected chi connectivity index (χ4v) is 5.80. The van der Waals surface area contributed by atoms with Crippen LogP contribution in [0, 0.1) is 12.3 Å². The van der Waals surface area contributed by atoms with E-state index in [0.717, 1.165) is 29.7 Å². The minimum absolute atomic E-state index is 0.157. The van der Waals surface area contributed by atoms with Crippen molar-refractivity contribution in [2.24, 2.45) is 0 Å². The zero-order valence-corrected chi connectivity index (χ0v) is 24.0. The highest BCUT2D eigenvalue weighted by Gasteiger charge is 2.56. The van der Waals surface area contributed by atoms with Crippen LogP contribution in [-0.2, 0) is 23.4 Å². The second-order valence-corrected chi connectivity index (χ2v) is 11.3. The summed E-state index contributed by atoms with van der Waals surface area (Å²) in [6, 6.07) is 7.93. The van der Waals surface area contributed by atoms with Crippen LogP contribution in [0.4, 0.5) is 0 Å². The number of aromatic nitrogens is 2. The molecule has 1 saturated heterocycles. The van der Waals surface area contributed by atoms with Gasteiger partial charge >= 0.3 is 19.4 Å². The van der Waals surface area contributed by atoms with E-state index in [0.29, 0.717) is 12.8 Å². The summed E-state index contributed by atoms with van der Waals surface area (Å²) in [6.07, 6.45) is 4.38. The Morgan fingerprint density at radius 3 is 2.49 bits per heavy atom. The number of para-hydroxylation sites is 1. The van der Waals surface area contributed by atoms with Gasteiger partial charge in [-0.25, -0.2) is 9.36 Å². The Morgan fingerprint density at radius 2 is 1.90 bits per heavy atom. The highest BCUT2D eigenvalue weighted by atomic mass is 31.2. The average molecular weight is 594 g/mol. The van der Waals surface area contributed by atoms with Gasteiger partial charge in [0.1, 0.15) is 30.1 Å². The van der Waals surface area contributed by atoms with Gasteiger partial charge in [0.05, 0.1) is 6.61 Å². The number of carbonyl (C=O) groups is 1. The molecule has 4 N–H and O–H groups in total. The molecule has 2 heterocycles. The maximum atomic E-state index is 13.9. The zero-order chi connectivity index (χ0) is 30.2. The number of terminal acetylenes is 1. The predicted octanol–water partition coefficient (Wildman–Crippen LogP) is 1.85. The number of nitrogens with zero attached hydrogens (tertiary/aromatic N) is 1. The van der Waals surface area contributed by atoms with Crippen molar-refractivity contribution in [1.29, 1.82) is 0 Å². The number of rotatable bonds is 14. The van der Waals surface area contributed by atoms with E-state index in [-0.39, 0.29) is 11.9 Å². The molecule has 14 heteroatoms. The van der Waals surface area contributed by atoms with Crippen LogP contribution in [0.1, 0.15) is 52.7 Å². The maximum absolute atomic E-state index is 13.9. The third kappa shape index (κ3) is 7.95. The lowest BCUT2D eigenvalue weighted by Gasteiger charge is -2.26. The summed E-state index contributed by atoms with van der Waals surface area (Å²) in [4.78, 5) is 38.6. The van der Waals surface area contributed by atoms with Gasteiger partial charge < -0.3 is 24.2 Å². The smallest absolute Gasteiger partial charge is 0.459 e. The molecule has 1 aromatic heterocycles. The van der Waals surface area contributed by atoms with Gasteiger partial charge in [-0.05, 0) is 31.9 Å². The Bertz CT molecular complexity index is 1370. The molecule has 0 radical (unpaired) electrons. The molecular weight excluding hydrogens is 557 g/mol. The largest absolute Gasteiger partial charge is 0.461 e. The van der Waals surface area contributed by atoms with Crippen molar-refractivity contribution in [3.8, 4) is 18.1 Å². The highest BCUT2D eigenvalue weighted by Crippen LogP contribution is 2.47. The number of H-pyrrole nitrogens is 1. The molecule has 1 fully saturated rings. The van der Waals surface area contributed by atoms with E-state index >= 15 is 0 Å². The van der Waals surface area contributed by atoms with Gasteiger partial charge in [0.25, 0.3) is 5.56 Å². The van der Waals surface area contributed by atoms with Crippen molar-refractivity contribution in [1.82, 2.24) is 14.6 Å². The molecular formula is C27H36N3O10P. The summed E-state index contributed by atoms with van der Waals surface area (Å²) in [7, 11) is -4.35. The molecule has 0 saturated carbocycles. The van der Waals surface area contributed by atoms with Crippen molar-refractivity contribution in [3.63, 3.8) is 0 Å². The van der Waals surface area contributed by atoms with Crippen LogP contribution >= 0.6 is 7.75 Å². The fraction of sp³-hybridized carbons (Fsp3) is 0.519. The molecule has 2 aromatic rings. The first-order valence-electron chi connectivity index (χ1n) is 13.3. The van der Waals surface area contributed by atoms with Crippen LogP contribution < -0.4 is 20.9 Å². The Morgan fingerprint density at radius 1 is 1.24 bits per heavy atom. The van der Waals surface area contributed by atoms with E-state index in [9.17, 15) is 29.2 Å². The van der Waals surface area contributed by atoms with Gasteiger partial charge in [0.15, 0.2) is 11.8 Å². The molecule has 1 aliphatic heterocycles. The Hall–Kier alpha value is -3.24. The highest BCUT2D eigenvalue weighted by molar-refractivity contribution is 7.52. The predicted molar refractivity (Wildman–Crippen MR) is 148 cm³/mol. The lowest BCUT2D eigenvalue weighted by Crippen LogP contribution is -2.48. The minimum atomic E-state index is -4.35. The molecule has 6 atom stereocenters. The minimum Gasteiger partial charge on any atom is -0.461 e. The standard InChI is InChI=1S/C27H36N3O10P/c1-5-11-19(12-6-2)38-24(33)18(4)29-41(36,40-20-13-9-8-10-14-20)37-17-21-23(32)27(35,7-3)25(39-21)30-16-15-22(31)28-26(30)34/h3,8-10,13-16,18-19,21,23,25,32,35H,5-6,11-12,17H2,1-2,4H3,(H,29,36)(H,28,31,34). The summed E-state index contributed by atoms with van der Waals surface area (Å²) in [5, 5.41) is 24.4. The monoisotopic (exact) mass is 593 g/mol. The van der Waals surface area contributed by atoms with Crippen LogP contribution in [0.25, 0.3) is 0 Å². The third-order valence-corrected chi connectivity index (χ3v) is 8.05. The van der Waals surface area contributed by atoms with Gasteiger partial charge in [-0.3, -0.25) is 23.7 Å². The van der Waals surface area contributed by atoms with Gasteiger partial charge in [-0.2, -0.15) is 5.09 Å². The number of hydrogen-bond acceptors (Lipinski definition) is 10. The zero-order valence-electron chi connectivity index (χ0n) is 23.1. The van der Waals surface area contributed by atoms with Crippen molar-refractivity contribution in [3.05, 3.63) is 63.4 Å². The van der Waals surface area contributed by atoms with E-state index in [1.807, 2.05) is 24.8 Å². The third-order valence-electron chi connectivity index (χ3n) is 6.41. The lowest BCUT2D eigenvalue weighted by molar-refractivity contribution is -0.151. The Labute approximate surface area is 237 Å². The molecule has 0 bridgehead atoms. The normalized spacial score (nSPS) is 24.4. The first kappa shape index (κ1) is 32.3. The summed E-state index contributed by atoms with van der Waals surface area (Å²) in [5.41, 5.74) is -4.05. The molecule has 41 heavy (non-hydrogen) atoms. The molecule has 13 nitrogen and oxygen atoms in total. The van der Waals surface area contributed by atoms with Crippen molar-refractivity contribution >= 4 is 13.7 Å². The number of aliphatic hydroxyl groups is 2. The van der Waals surface area contributed by atoms with E-state index in [1.54, 1.807) is 18.2 Å². The van der Waals surface area contributed by atoms with E-state index < -0.39 is 61.7 Å². The second-order valence-electron chi connectivity index (χ2n) is 9.64. The number of aromatic amines is 1. The first-order chi connectivity index (χ1) is 19.5. The molecule has 0 amide bonds. The summed E-state index contributed by atoms with van der Waals surface area (Å²) in [5.74, 6) is 1.53. The summed E-state index contributed by atoms with van der Waals surface area (Å²) >= 11 is 0. The van der Waals surface area contributed by atoms with Gasteiger partial charge in [-0.15, -0.1) is 6.42 Å². The first-order valence-corrected chi connectivity index (χ1v) is 14.8. The van der Waals surface area contributed by atoms with Crippen molar-refractivity contribution in [2.45, 2.75) is 82.6 Å². The van der Waals surface area contributed by atoms with Crippen LogP contribution in [-0.4, -0.2) is 62.3 Å². The molecule has 1 aliphatic rings. The van der Waals surface area contributed by atoms with Crippen LogP contribution in [0.15, 0.2) is 52.2 Å². The number of ether oxygens (including phenoxy) is 2. The van der Waals surface area contributed by atoms with Crippen LogP contribution in [0.3, 0.4) is 0 Å². The molecule has 6 unspecified atom stereocenters. The SMILES string of the molecule is C#CC1(O)C(O)C(COP(=O)(NC(C)C(=O)OC(CCC)CCC)Oc2ccccc2)OC1n1ccc(=O)[nH]c1=O. The number of hydrogen-bond donors (Lipinski definition) is 4. The number of nitrogens with one attached hydrogen (secondary N) is 2. The van der Waals surface area contributed by atoms with Crippen LogP contribution in [0.2, 0.25) is 0 Å². The van der Waals surface area contributed by atoms with Gasteiger partial charge in [0, 0.05) is 12.3 Å². The fourth-order valence-electron chi connectivity index (χ4n) is 4.29. The van der Waals surface area contributed by atoms with Crippen molar-refractivity contribution < 1.29 is 38.1 Å². The van der Waals surface area contributed by atoms with Gasteiger partial charge in [-0.1, -0.05) is 50.8 Å². The number of esters is 1. The summed E-state index contributed by atoms with van der Waals surface area (Å²) in [6.45, 7) is 4.75. The van der Waals surface area contributed by atoms with Crippen LogP contribution in [0.5, 0.6) is 5.75 Å². The van der Waals surface area contributed by atoms with Crippen molar-refractivity contribution in [2.75, 3.05) is 6.61 Å². The molecule has 0 spiro atoms. The van der Waals surface area contributed by atoms with E-state index in [4.69, 9.17) is 24.9 Å². The topological polar surface area (TPSA) is 178 Å². The quantitative estimate of drug-likeness (QED) is 0.143. The van der Waals surface area contributed by atoms with E-state index in [1.165, 1.54) is 19.1 Å². The number of benzene rings is 1.